The van der Waals surface area contributed by atoms with Crippen molar-refractivity contribution in [2.24, 2.45) is 5.73 Å². The number of halogens is 1. The molecule has 1 saturated carbocycles. The summed E-state index contributed by atoms with van der Waals surface area (Å²) in [6.45, 7) is 1.92. The van der Waals surface area contributed by atoms with Gasteiger partial charge in [0.15, 0.2) is 0 Å². The third kappa shape index (κ3) is 4.14. The van der Waals surface area contributed by atoms with Crippen molar-refractivity contribution in [2.75, 3.05) is 31.6 Å². The van der Waals surface area contributed by atoms with Crippen LogP contribution in [0.15, 0.2) is 48.5 Å². The topological polar surface area (TPSA) is 75.9 Å². The van der Waals surface area contributed by atoms with Crippen LogP contribution >= 0.6 is 11.6 Å². The summed E-state index contributed by atoms with van der Waals surface area (Å²) < 4.78 is 4.74. The highest BCUT2D eigenvalue weighted by molar-refractivity contribution is 6.30. The highest BCUT2D eigenvalue weighted by atomic mass is 35.5. The molecule has 2 N–H and O–H groups in total. The van der Waals surface area contributed by atoms with E-state index in [1.165, 1.54) is 12.7 Å². The van der Waals surface area contributed by atoms with Gasteiger partial charge in [-0.15, -0.1) is 0 Å². The monoisotopic (exact) mass is 441 g/mol. The summed E-state index contributed by atoms with van der Waals surface area (Å²) in [5, 5.41) is 0.732. The van der Waals surface area contributed by atoms with Gasteiger partial charge >= 0.3 is 12.0 Å². The molecule has 0 atom stereocenters. The van der Waals surface area contributed by atoms with Crippen LogP contribution in [0.1, 0.15) is 41.6 Å². The maximum atomic E-state index is 13.1. The molecule has 7 heteroatoms. The molecule has 4 rings (SSSR count). The van der Waals surface area contributed by atoms with Gasteiger partial charge in [-0.1, -0.05) is 23.7 Å². The van der Waals surface area contributed by atoms with Crippen LogP contribution in [0, 0.1) is 0 Å². The first kappa shape index (κ1) is 21.7. The van der Waals surface area contributed by atoms with Crippen LogP contribution in [-0.4, -0.2) is 49.7 Å². The van der Waals surface area contributed by atoms with Crippen LogP contribution in [0.25, 0.3) is 0 Å². The fraction of sp³-hybridized carbons (Fsp3) is 0.417. The minimum absolute atomic E-state index is 0.0267. The number of nitrogens with two attached hydrogens (primary N) is 1. The van der Waals surface area contributed by atoms with E-state index >= 15 is 0 Å². The summed E-state index contributed by atoms with van der Waals surface area (Å²) in [5.74, 6) is -0.383. The number of amides is 2. The van der Waals surface area contributed by atoms with E-state index in [1.54, 1.807) is 29.2 Å². The molecule has 31 heavy (non-hydrogen) atoms. The van der Waals surface area contributed by atoms with E-state index in [1.807, 2.05) is 23.1 Å². The second kappa shape index (κ2) is 8.89. The number of ether oxygens (including phenoxy) is 1. The standard InChI is InChI=1S/C24H28ClN3O3/c1-31-22(29)17-5-7-20(8-6-17)27-13-14-28(23(27)30)21-9-11-24(16-26,12-10-21)18-3-2-4-19(25)15-18/h2-8,15,21H,9-14,16,26H2,1H3. The van der Waals surface area contributed by atoms with Gasteiger partial charge in [-0.3, -0.25) is 4.90 Å². The van der Waals surface area contributed by atoms with E-state index < -0.39 is 0 Å². The molecule has 1 aliphatic heterocycles. The summed E-state index contributed by atoms with van der Waals surface area (Å²) in [4.78, 5) is 28.6. The molecular weight excluding hydrogens is 414 g/mol. The molecule has 164 valence electrons. The number of carbonyl (C=O) groups excluding carboxylic acids is 2. The maximum absolute atomic E-state index is 13.1. The first-order chi connectivity index (χ1) is 15.0. The molecule has 0 unspecified atom stereocenters. The van der Waals surface area contributed by atoms with E-state index in [2.05, 4.69) is 6.07 Å². The van der Waals surface area contributed by atoms with Crippen LogP contribution in [0.3, 0.4) is 0 Å². The Morgan fingerprint density at radius 2 is 1.87 bits per heavy atom. The number of benzene rings is 2. The Kier molecular flexibility index (Phi) is 6.21. The summed E-state index contributed by atoms with van der Waals surface area (Å²) in [6.07, 6.45) is 3.72. The summed E-state index contributed by atoms with van der Waals surface area (Å²) >= 11 is 6.22. The van der Waals surface area contributed by atoms with Crippen LogP contribution in [0.2, 0.25) is 5.02 Å². The zero-order valence-corrected chi connectivity index (χ0v) is 18.5. The van der Waals surface area contributed by atoms with E-state index in [-0.39, 0.29) is 23.5 Å². The normalized spacial score (nSPS) is 23.8. The Bertz CT molecular complexity index is 955. The van der Waals surface area contributed by atoms with Crippen molar-refractivity contribution in [3.8, 4) is 0 Å². The Labute approximate surface area is 187 Å². The predicted molar refractivity (Wildman–Crippen MR) is 122 cm³/mol. The van der Waals surface area contributed by atoms with Gasteiger partial charge in [0.2, 0.25) is 0 Å². The number of nitrogens with zero attached hydrogens (tertiary/aromatic N) is 2. The molecule has 0 bridgehead atoms. The number of carbonyl (C=O) groups is 2. The molecular formula is C24H28ClN3O3. The van der Waals surface area contributed by atoms with E-state index in [0.29, 0.717) is 25.2 Å². The second-order valence-electron chi connectivity index (χ2n) is 8.39. The van der Waals surface area contributed by atoms with E-state index in [4.69, 9.17) is 22.1 Å². The molecule has 2 fully saturated rings. The van der Waals surface area contributed by atoms with Crippen molar-refractivity contribution >= 4 is 29.3 Å². The van der Waals surface area contributed by atoms with Crippen molar-refractivity contribution in [1.82, 2.24) is 4.90 Å². The van der Waals surface area contributed by atoms with Gasteiger partial charge in [0.05, 0.1) is 12.7 Å². The number of esters is 1. The van der Waals surface area contributed by atoms with Gasteiger partial charge in [-0.05, 0) is 67.6 Å². The van der Waals surface area contributed by atoms with Gasteiger partial charge < -0.3 is 15.4 Å². The molecule has 1 aliphatic carbocycles. The molecule has 1 heterocycles. The average molecular weight is 442 g/mol. The van der Waals surface area contributed by atoms with Gasteiger partial charge in [0.25, 0.3) is 0 Å². The second-order valence-corrected chi connectivity index (χ2v) is 8.83. The number of hydrogen-bond donors (Lipinski definition) is 1. The number of methoxy groups -OCH3 is 1. The fourth-order valence-corrected chi connectivity index (χ4v) is 5.11. The average Bonchev–Trinajstić information content (AvgIpc) is 3.20. The maximum Gasteiger partial charge on any atom is 0.337 e. The third-order valence-electron chi connectivity index (χ3n) is 6.82. The fourth-order valence-electron chi connectivity index (χ4n) is 4.92. The van der Waals surface area contributed by atoms with E-state index in [0.717, 1.165) is 36.4 Å². The zero-order valence-electron chi connectivity index (χ0n) is 17.7. The first-order valence-electron chi connectivity index (χ1n) is 10.7. The first-order valence-corrected chi connectivity index (χ1v) is 11.1. The molecule has 1 saturated heterocycles. The van der Waals surface area contributed by atoms with Crippen LogP contribution in [-0.2, 0) is 10.2 Å². The molecule has 0 aromatic heterocycles. The minimum Gasteiger partial charge on any atom is -0.465 e. The van der Waals surface area contributed by atoms with E-state index in [9.17, 15) is 9.59 Å². The highest BCUT2D eigenvalue weighted by Gasteiger charge is 2.41. The van der Waals surface area contributed by atoms with Gasteiger partial charge in [0, 0.05) is 41.8 Å². The number of urea groups is 1. The SMILES string of the molecule is COC(=O)c1ccc(N2CCN(C3CCC(CN)(c4cccc(Cl)c4)CC3)C2=O)cc1. The lowest BCUT2D eigenvalue weighted by atomic mass is 9.68. The van der Waals surface area contributed by atoms with Crippen LogP contribution in [0.4, 0.5) is 10.5 Å². The smallest absolute Gasteiger partial charge is 0.337 e. The van der Waals surface area contributed by atoms with Crippen molar-refractivity contribution in [3.05, 3.63) is 64.7 Å². The number of anilines is 1. The molecule has 2 aromatic carbocycles. The van der Waals surface area contributed by atoms with Gasteiger partial charge in [0.1, 0.15) is 0 Å². The Morgan fingerprint density at radius 3 is 2.48 bits per heavy atom. The minimum atomic E-state index is -0.383. The summed E-state index contributed by atoms with van der Waals surface area (Å²) in [7, 11) is 1.36. The van der Waals surface area contributed by atoms with Crippen LogP contribution in [0.5, 0.6) is 0 Å². The molecule has 0 radical (unpaired) electrons. The van der Waals surface area contributed by atoms with Crippen molar-refractivity contribution in [3.63, 3.8) is 0 Å². The van der Waals surface area contributed by atoms with Gasteiger partial charge in [-0.2, -0.15) is 0 Å². The van der Waals surface area contributed by atoms with Crippen LogP contribution < -0.4 is 10.6 Å². The Hall–Kier alpha value is -2.57. The number of hydrogen-bond acceptors (Lipinski definition) is 4. The van der Waals surface area contributed by atoms with Gasteiger partial charge in [-0.25, -0.2) is 9.59 Å². The lowest BCUT2D eigenvalue weighted by Gasteiger charge is -2.42. The van der Waals surface area contributed by atoms with Crippen molar-refractivity contribution < 1.29 is 14.3 Å². The summed E-state index contributed by atoms with van der Waals surface area (Å²) in [5.41, 5.74) is 8.61. The zero-order chi connectivity index (χ0) is 22.0. The molecule has 0 spiro atoms. The molecule has 2 aliphatic rings. The van der Waals surface area contributed by atoms with Crippen molar-refractivity contribution in [2.45, 2.75) is 37.1 Å². The third-order valence-corrected chi connectivity index (χ3v) is 7.06. The van der Waals surface area contributed by atoms with Crippen molar-refractivity contribution in [1.29, 1.82) is 0 Å². The predicted octanol–water partition coefficient (Wildman–Crippen LogP) is 4.21. The Morgan fingerprint density at radius 1 is 1.16 bits per heavy atom. The highest BCUT2D eigenvalue weighted by Crippen LogP contribution is 2.41. The molecule has 2 amide bonds. The molecule has 2 aromatic rings. The lowest BCUT2D eigenvalue weighted by Crippen LogP contribution is -2.46. The molecule has 6 nitrogen and oxygen atoms in total. The number of rotatable bonds is 5. The summed E-state index contributed by atoms with van der Waals surface area (Å²) in [6, 6.07) is 15.2. The largest absolute Gasteiger partial charge is 0.465 e. The lowest BCUT2D eigenvalue weighted by molar-refractivity contribution is 0.0600. The quantitative estimate of drug-likeness (QED) is 0.705. The Balaban J connectivity index is 1.43.